The topological polar surface area (TPSA) is 64.3 Å². The molecular formula is C16H16BrFN2O2. The number of amides is 1. The summed E-state index contributed by atoms with van der Waals surface area (Å²) in [6, 6.07) is 12.4. The predicted octanol–water partition coefficient (Wildman–Crippen LogP) is 3.49. The van der Waals surface area contributed by atoms with Crippen LogP contribution in [0, 0.1) is 5.82 Å². The number of rotatable bonds is 6. The van der Waals surface area contributed by atoms with Crippen molar-refractivity contribution in [2.24, 2.45) is 5.73 Å². The zero-order valence-corrected chi connectivity index (χ0v) is 13.6. The van der Waals surface area contributed by atoms with Gasteiger partial charge in [-0.3, -0.25) is 4.79 Å². The highest BCUT2D eigenvalue weighted by molar-refractivity contribution is 9.10. The Bertz CT molecular complexity index is 665. The lowest BCUT2D eigenvalue weighted by Crippen LogP contribution is -2.20. The van der Waals surface area contributed by atoms with Crippen molar-refractivity contribution < 1.29 is 13.9 Å². The summed E-state index contributed by atoms with van der Waals surface area (Å²) in [7, 11) is 1.59. The number of carbonyl (C=O) groups is 1. The number of methoxy groups -OCH3 is 1. The summed E-state index contributed by atoms with van der Waals surface area (Å²) in [4.78, 5) is 11.4. The number of primary amides is 1. The summed E-state index contributed by atoms with van der Waals surface area (Å²) < 4.78 is 19.8. The molecule has 22 heavy (non-hydrogen) atoms. The van der Waals surface area contributed by atoms with Crippen LogP contribution in [0.15, 0.2) is 46.9 Å². The van der Waals surface area contributed by atoms with E-state index in [2.05, 4.69) is 21.2 Å². The van der Waals surface area contributed by atoms with Crippen LogP contribution in [0.2, 0.25) is 0 Å². The Hall–Kier alpha value is -1.92. The minimum atomic E-state index is -0.818. The molecule has 2 aromatic carbocycles. The molecule has 0 saturated heterocycles. The molecule has 0 aromatic heterocycles. The van der Waals surface area contributed by atoms with Crippen LogP contribution in [0.3, 0.4) is 0 Å². The van der Waals surface area contributed by atoms with Crippen molar-refractivity contribution in [3.8, 4) is 0 Å². The maximum atomic E-state index is 13.9. The number of hydrogen-bond donors (Lipinski definition) is 2. The fourth-order valence-corrected chi connectivity index (χ4v) is 2.60. The van der Waals surface area contributed by atoms with Crippen LogP contribution >= 0.6 is 15.9 Å². The molecule has 6 heteroatoms. The van der Waals surface area contributed by atoms with Gasteiger partial charge < -0.3 is 15.8 Å². The Labute approximate surface area is 136 Å². The molecule has 0 fully saturated rings. The van der Waals surface area contributed by atoms with Crippen molar-refractivity contribution in [3.05, 3.63) is 63.9 Å². The molecule has 0 heterocycles. The number of anilines is 1. The van der Waals surface area contributed by atoms with Gasteiger partial charge in [0.15, 0.2) is 0 Å². The Balaban J connectivity index is 2.22. The van der Waals surface area contributed by atoms with Gasteiger partial charge in [0, 0.05) is 18.1 Å². The molecule has 2 aromatic rings. The van der Waals surface area contributed by atoms with Gasteiger partial charge in [-0.25, -0.2) is 4.39 Å². The lowest BCUT2D eigenvalue weighted by atomic mass is 10.1. The van der Waals surface area contributed by atoms with Gasteiger partial charge in [-0.15, -0.1) is 0 Å². The minimum Gasteiger partial charge on any atom is -0.381 e. The van der Waals surface area contributed by atoms with Crippen molar-refractivity contribution in [2.45, 2.75) is 6.10 Å². The molecule has 0 aliphatic heterocycles. The van der Waals surface area contributed by atoms with E-state index in [9.17, 15) is 9.18 Å². The molecular weight excluding hydrogens is 351 g/mol. The van der Waals surface area contributed by atoms with E-state index in [4.69, 9.17) is 10.5 Å². The lowest BCUT2D eigenvalue weighted by Gasteiger charge is -2.18. The van der Waals surface area contributed by atoms with E-state index >= 15 is 0 Å². The second-order valence-corrected chi connectivity index (χ2v) is 5.61. The molecule has 116 valence electrons. The van der Waals surface area contributed by atoms with Crippen LogP contribution < -0.4 is 11.1 Å². The maximum absolute atomic E-state index is 13.9. The van der Waals surface area contributed by atoms with Crippen LogP contribution in [0.4, 0.5) is 10.1 Å². The monoisotopic (exact) mass is 366 g/mol. The van der Waals surface area contributed by atoms with Gasteiger partial charge in [0.05, 0.1) is 17.4 Å². The Morgan fingerprint density at radius 2 is 2.05 bits per heavy atom. The molecule has 4 nitrogen and oxygen atoms in total. The Kier molecular flexibility index (Phi) is 5.51. The molecule has 2 rings (SSSR count). The summed E-state index contributed by atoms with van der Waals surface area (Å²) in [5.74, 6) is -1.49. The first-order chi connectivity index (χ1) is 10.5. The number of nitrogens with two attached hydrogens (primary N) is 1. The van der Waals surface area contributed by atoms with Crippen molar-refractivity contribution in [1.29, 1.82) is 0 Å². The quantitative estimate of drug-likeness (QED) is 0.822. The first-order valence-corrected chi connectivity index (χ1v) is 7.42. The van der Waals surface area contributed by atoms with Crippen LogP contribution in [-0.2, 0) is 4.74 Å². The van der Waals surface area contributed by atoms with E-state index in [1.165, 1.54) is 6.07 Å². The second-order valence-electron chi connectivity index (χ2n) is 4.69. The van der Waals surface area contributed by atoms with Crippen LogP contribution in [0.5, 0.6) is 0 Å². The Morgan fingerprint density at radius 1 is 1.36 bits per heavy atom. The molecule has 0 aliphatic carbocycles. The first-order valence-electron chi connectivity index (χ1n) is 6.63. The van der Waals surface area contributed by atoms with Crippen molar-refractivity contribution in [2.75, 3.05) is 19.0 Å². The summed E-state index contributed by atoms with van der Waals surface area (Å²) in [6.07, 6.45) is -0.232. The molecule has 0 bridgehead atoms. The summed E-state index contributed by atoms with van der Waals surface area (Å²) in [5, 5.41) is 3.03. The highest BCUT2D eigenvalue weighted by Crippen LogP contribution is 2.26. The molecule has 1 atom stereocenters. The number of ether oxygens (including phenoxy) is 1. The fraction of sp³-hybridized carbons (Fsp3) is 0.188. The van der Waals surface area contributed by atoms with Gasteiger partial charge in [-0.1, -0.05) is 46.3 Å². The average Bonchev–Trinajstić information content (AvgIpc) is 2.47. The minimum absolute atomic E-state index is 0.161. The van der Waals surface area contributed by atoms with E-state index < -0.39 is 11.7 Å². The van der Waals surface area contributed by atoms with E-state index in [1.54, 1.807) is 13.2 Å². The van der Waals surface area contributed by atoms with E-state index in [-0.39, 0.29) is 11.7 Å². The molecule has 0 saturated carbocycles. The van der Waals surface area contributed by atoms with Crippen molar-refractivity contribution in [3.63, 3.8) is 0 Å². The Morgan fingerprint density at radius 3 is 2.64 bits per heavy atom. The summed E-state index contributed by atoms with van der Waals surface area (Å²) >= 11 is 3.20. The SMILES string of the molecule is COC(CNc1cc(Br)cc(F)c1C(N)=O)c1ccccc1. The number of hydrogen-bond acceptors (Lipinski definition) is 3. The summed E-state index contributed by atoms with van der Waals surface area (Å²) in [6.45, 7) is 0.372. The second kappa shape index (κ2) is 7.38. The van der Waals surface area contributed by atoms with Crippen molar-refractivity contribution >= 4 is 27.5 Å². The van der Waals surface area contributed by atoms with Crippen LogP contribution in [0.1, 0.15) is 22.0 Å². The maximum Gasteiger partial charge on any atom is 0.253 e. The molecule has 1 unspecified atom stereocenters. The number of carbonyl (C=O) groups excluding carboxylic acids is 1. The first kappa shape index (κ1) is 16.5. The van der Waals surface area contributed by atoms with Gasteiger partial charge in [0.2, 0.25) is 0 Å². The molecule has 0 aliphatic rings. The van der Waals surface area contributed by atoms with Gasteiger partial charge >= 0.3 is 0 Å². The van der Waals surface area contributed by atoms with E-state index in [0.29, 0.717) is 16.7 Å². The van der Waals surface area contributed by atoms with Crippen LogP contribution in [0.25, 0.3) is 0 Å². The van der Waals surface area contributed by atoms with Gasteiger partial charge in [0.1, 0.15) is 5.82 Å². The predicted molar refractivity (Wildman–Crippen MR) is 87.3 cm³/mol. The third-order valence-electron chi connectivity index (χ3n) is 3.24. The molecule has 3 N–H and O–H groups in total. The van der Waals surface area contributed by atoms with Gasteiger partial charge in [-0.2, -0.15) is 0 Å². The fourth-order valence-electron chi connectivity index (χ4n) is 2.17. The standard InChI is InChI=1S/C16H16BrFN2O2/c1-22-14(10-5-3-2-4-6-10)9-20-13-8-11(17)7-12(18)15(13)16(19)21/h2-8,14,20H,9H2,1H3,(H2,19,21). The lowest BCUT2D eigenvalue weighted by molar-refractivity contribution is 0.0996. The number of halogens is 2. The smallest absolute Gasteiger partial charge is 0.253 e. The van der Waals surface area contributed by atoms with E-state index in [0.717, 1.165) is 5.56 Å². The average molecular weight is 367 g/mol. The van der Waals surface area contributed by atoms with Gasteiger partial charge in [0.25, 0.3) is 5.91 Å². The van der Waals surface area contributed by atoms with E-state index in [1.807, 2.05) is 30.3 Å². The number of nitrogens with one attached hydrogen (secondary N) is 1. The normalized spacial score (nSPS) is 12.0. The van der Waals surface area contributed by atoms with Crippen molar-refractivity contribution in [1.82, 2.24) is 0 Å². The highest BCUT2D eigenvalue weighted by Gasteiger charge is 2.17. The largest absolute Gasteiger partial charge is 0.381 e. The third kappa shape index (κ3) is 3.84. The molecule has 0 radical (unpaired) electrons. The van der Waals surface area contributed by atoms with Crippen LogP contribution in [-0.4, -0.2) is 19.6 Å². The summed E-state index contributed by atoms with van der Waals surface area (Å²) in [5.41, 5.74) is 6.40. The molecule has 0 spiro atoms. The zero-order chi connectivity index (χ0) is 16.1. The highest BCUT2D eigenvalue weighted by atomic mass is 79.9. The zero-order valence-electron chi connectivity index (χ0n) is 12.0. The molecule has 1 amide bonds. The van der Waals surface area contributed by atoms with Gasteiger partial charge in [-0.05, 0) is 17.7 Å². The number of benzene rings is 2. The third-order valence-corrected chi connectivity index (χ3v) is 3.69.